The highest BCUT2D eigenvalue weighted by Gasteiger charge is 2.24. The van der Waals surface area contributed by atoms with Gasteiger partial charge in [-0.1, -0.05) is 13.8 Å². The number of likely N-dealkylation sites (tertiary alicyclic amines) is 2. The minimum atomic E-state index is 0.322. The quantitative estimate of drug-likeness (QED) is 0.369. The molecule has 0 saturated carbocycles. The number of aliphatic imine (C=N–C) groups is 1. The van der Waals surface area contributed by atoms with Crippen molar-refractivity contribution in [3.8, 4) is 0 Å². The molecule has 0 radical (unpaired) electrons. The molecule has 6 nitrogen and oxygen atoms in total. The Morgan fingerprint density at radius 2 is 1.83 bits per heavy atom. The van der Waals surface area contributed by atoms with Crippen LogP contribution in [0.2, 0.25) is 0 Å². The number of unbranched alkanes of at least 4 members (excludes halogenated alkanes) is 1. The lowest BCUT2D eigenvalue weighted by atomic mass is 9.92. The molecular formula is C24H46N4O2. The van der Waals surface area contributed by atoms with Gasteiger partial charge in [-0.05, 0) is 69.7 Å². The van der Waals surface area contributed by atoms with Crippen LogP contribution in [0.3, 0.4) is 0 Å². The van der Waals surface area contributed by atoms with Crippen LogP contribution >= 0.6 is 0 Å². The Bertz CT molecular complexity index is 491. The smallest absolute Gasteiger partial charge is 0.193 e. The number of ether oxygens (including phenoxy) is 2. The molecule has 0 spiro atoms. The van der Waals surface area contributed by atoms with E-state index in [1.54, 1.807) is 0 Å². The summed E-state index contributed by atoms with van der Waals surface area (Å²) in [5.74, 6) is 2.77. The van der Waals surface area contributed by atoms with Crippen molar-refractivity contribution < 1.29 is 9.47 Å². The molecule has 3 heterocycles. The predicted molar refractivity (Wildman–Crippen MR) is 124 cm³/mol. The third-order valence-electron chi connectivity index (χ3n) is 6.87. The Morgan fingerprint density at radius 1 is 1.07 bits per heavy atom. The Morgan fingerprint density at radius 3 is 2.50 bits per heavy atom. The van der Waals surface area contributed by atoms with Gasteiger partial charge < -0.3 is 24.6 Å². The summed E-state index contributed by atoms with van der Waals surface area (Å²) in [6.45, 7) is 13.3. The van der Waals surface area contributed by atoms with Gasteiger partial charge >= 0.3 is 0 Å². The lowest BCUT2D eigenvalue weighted by Gasteiger charge is -2.35. The van der Waals surface area contributed by atoms with E-state index in [9.17, 15) is 0 Å². The second-order valence-electron chi connectivity index (χ2n) is 9.90. The first-order chi connectivity index (χ1) is 14.6. The monoisotopic (exact) mass is 422 g/mol. The Kier molecular flexibility index (Phi) is 10.2. The molecule has 3 unspecified atom stereocenters. The van der Waals surface area contributed by atoms with Gasteiger partial charge in [-0.2, -0.15) is 0 Å². The summed E-state index contributed by atoms with van der Waals surface area (Å²) in [5.41, 5.74) is 0. The second-order valence-corrected chi connectivity index (χ2v) is 9.90. The highest BCUT2D eigenvalue weighted by molar-refractivity contribution is 5.79. The fraction of sp³-hybridized carbons (Fsp3) is 0.958. The Balaban J connectivity index is 1.25. The van der Waals surface area contributed by atoms with Crippen LogP contribution in [0.4, 0.5) is 0 Å². The van der Waals surface area contributed by atoms with Gasteiger partial charge in [-0.3, -0.25) is 4.99 Å². The molecule has 0 aromatic carbocycles. The molecule has 6 heteroatoms. The van der Waals surface area contributed by atoms with Gasteiger partial charge in [0.1, 0.15) is 0 Å². The maximum atomic E-state index is 6.15. The van der Waals surface area contributed by atoms with Crippen molar-refractivity contribution in [1.29, 1.82) is 0 Å². The van der Waals surface area contributed by atoms with E-state index in [-0.39, 0.29) is 0 Å². The van der Waals surface area contributed by atoms with Crippen LogP contribution in [-0.2, 0) is 9.47 Å². The number of nitrogens with one attached hydrogen (secondary N) is 1. The van der Waals surface area contributed by atoms with Gasteiger partial charge in [0, 0.05) is 46.4 Å². The van der Waals surface area contributed by atoms with Crippen molar-refractivity contribution >= 4 is 5.96 Å². The minimum absolute atomic E-state index is 0.322. The van der Waals surface area contributed by atoms with E-state index in [4.69, 9.17) is 9.47 Å². The summed E-state index contributed by atoms with van der Waals surface area (Å²) in [6, 6.07) is 0. The molecule has 174 valence electrons. The molecule has 3 atom stereocenters. The first kappa shape index (κ1) is 23.8. The van der Waals surface area contributed by atoms with E-state index < -0.39 is 0 Å². The average Bonchev–Trinajstić information content (AvgIpc) is 2.75. The predicted octanol–water partition coefficient (Wildman–Crippen LogP) is 3.37. The van der Waals surface area contributed by atoms with Crippen LogP contribution in [0, 0.1) is 11.8 Å². The molecule has 3 aliphatic heterocycles. The maximum Gasteiger partial charge on any atom is 0.193 e. The number of hydrogen-bond donors (Lipinski definition) is 1. The minimum Gasteiger partial charge on any atom is -0.376 e. The fourth-order valence-corrected chi connectivity index (χ4v) is 5.38. The highest BCUT2D eigenvalue weighted by Crippen LogP contribution is 2.21. The third-order valence-corrected chi connectivity index (χ3v) is 6.87. The van der Waals surface area contributed by atoms with E-state index in [1.165, 1.54) is 51.7 Å². The van der Waals surface area contributed by atoms with E-state index >= 15 is 0 Å². The van der Waals surface area contributed by atoms with Crippen molar-refractivity contribution in [3.05, 3.63) is 0 Å². The first-order valence-corrected chi connectivity index (χ1v) is 12.5. The maximum absolute atomic E-state index is 6.15. The lowest BCUT2D eigenvalue weighted by Crippen LogP contribution is -2.47. The largest absolute Gasteiger partial charge is 0.376 e. The van der Waals surface area contributed by atoms with Gasteiger partial charge in [-0.15, -0.1) is 0 Å². The van der Waals surface area contributed by atoms with Crippen molar-refractivity contribution in [1.82, 2.24) is 15.1 Å². The molecule has 0 aliphatic carbocycles. The summed E-state index contributed by atoms with van der Waals surface area (Å²) in [7, 11) is 1.90. The number of piperidine rings is 2. The molecular weight excluding hydrogens is 376 g/mol. The van der Waals surface area contributed by atoms with Crippen LogP contribution in [0.1, 0.15) is 65.2 Å². The Hall–Kier alpha value is -0.850. The van der Waals surface area contributed by atoms with E-state index in [0.717, 1.165) is 69.9 Å². The van der Waals surface area contributed by atoms with Gasteiger partial charge in [0.05, 0.1) is 18.8 Å². The number of guanidine groups is 1. The summed E-state index contributed by atoms with van der Waals surface area (Å²) in [6.07, 6.45) is 10.4. The average molecular weight is 423 g/mol. The molecule has 1 N–H and O–H groups in total. The van der Waals surface area contributed by atoms with Crippen molar-refractivity contribution in [2.24, 2.45) is 16.8 Å². The highest BCUT2D eigenvalue weighted by atomic mass is 16.5. The second kappa shape index (κ2) is 12.9. The van der Waals surface area contributed by atoms with E-state index in [1.807, 2.05) is 7.05 Å². The van der Waals surface area contributed by atoms with E-state index in [2.05, 4.69) is 34.0 Å². The number of nitrogens with zero attached hydrogens (tertiary/aromatic N) is 3. The lowest BCUT2D eigenvalue weighted by molar-refractivity contribution is -0.0721. The summed E-state index contributed by atoms with van der Waals surface area (Å²) < 4.78 is 11.9. The normalized spacial score (nSPS) is 29.9. The molecule has 0 aromatic heterocycles. The number of hydrogen-bond acceptors (Lipinski definition) is 4. The van der Waals surface area contributed by atoms with Crippen LogP contribution < -0.4 is 5.32 Å². The molecule has 3 saturated heterocycles. The fourth-order valence-electron chi connectivity index (χ4n) is 5.38. The molecule has 3 aliphatic rings. The third kappa shape index (κ3) is 8.01. The van der Waals surface area contributed by atoms with Gasteiger partial charge in [0.15, 0.2) is 5.96 Å². The van der Waals surface area contributed by atoms with Gasteiger partial charge in [-0.25, -0.2) is 0 Å². The zero-order valence-electron chi connectivity index (χ0n) is 19.8. The van der Waals surface area contributed by atoms with Crippen molar-refractivity contribution in [2.75, 3.05) is 59.5 Å². The van der Waals surface area contributed by atoms with Crippen LogP contribution in [0.5, 0.6) is 0 Å². The summed E-state index contributed by atoms with van der Waals surface area (Å²) in [4.78, 5) is 9.58. The van der Waals surface area contributed by atoms with Crippen molar-refractivity contribution in [3.63, 3.8) is 0 Å². The summed E-state index contributed by atoms with van der Waals surface area (Å²) in [5, 5.41) is 3.59. The van der Waals surface area contributed by atoms with Gasteiger partial charge in [0.25, 0.3) is 0 Å². The van der Waals surface area contributed by atoms with Crippen LogP contribution in [-0.4, -0.2) is 87.5 Å². The molecule has 0 bridgehead atoms. The van der Waals surface area contributed by atoms with Crippen molar-refractivity contribution in [2.45, 2.75) is 77.4 Å². The zero-order valence-corrected chi connectivity index (χ0v) is 19.8. The number of rotatable bonds is 8. The molecule has 3 fully saturated rings. The van der Waals surface area contributed by atoms with E-state index in [0.29, 0.717) is 12.2 Å². The van der Waals surface area contributed by atoms with Crippen LogP contribution in [0.25, 0.3) is 0 Å². The molecule has 3 rings (SSSR count). The standard InChI is InChI=1S/C24H46N4O2/c1-20-16-21(2)18-27(17-20)12-6-5-11-26-24(25-3)28-13-9-22(10-14-28)30-19-23-8-4-7-15-29-23/h20-23H,4-19H2,1-3H3,(H,25,26). The first-order valence-electron chi connectivity index (χ1n) is 12.5. The Labute approximate surface area is 184 Å². The van der Waals surface area contributed by atoms with Gasteiger partial charge in [0.2, 0.25) is 0 Å². The molecule has 0 aromatic rings. The van der Waals surface area contributed by atoms with Crippen LogP contribution in [0.15, 0.2) is 4.99 Å². The zero-order chi connectivity index (χ0) is 21.2. The molecule has 30 heavy (non-hydrogen) atoms. The summed E-state index contributed by atoms with van der Waals surface area (Å²) >= 11 is 0. The topological polar surface area (TPSA) is 49.3 Å². The molecule has 0 amide bonds. The SMILES string of the molecule is CN=C(NCCCCN1CC(C)CC(C)C1)N1CCC(OCC2CCCCO2)CC1.